The monoisotopic (exact) mass is 741 g/mol. The summed E-state index contributed by atoms with van der Waals surface area (Å²) in [6, 6.07) is 36.5. The lowest BCUT2D eigenvalue weighted by Crippen LogP contribution is -2.35. The maximum absolute atomic E-state index is 13.6. The number of carboxylic acid groups (broad SMARTS) is 1. The van der Waals surface area contributed by atoms with Gasteiger partial charge in [0.25, 0.3) is 11.5 Å². The molecule has 260 valence electrons. The Bertz CT molecular complexity index is 2390. The number of fused-ring (bicyclic) bond motifs is 3. The molecule has 52 heavy (non-hydrogen) atoms. The van der Waals surface area contributed by atoms with Crippen LogP contribution in [0, 0.1) is 0 Å². The van der Waals surface area contributed by atoms with E-state index in [1.54, 1.807) is 0 Å². The van der Waals surface area contributed by atoms with Gasteiger partial charge in [-0.05, 0) is 89.6 Å². The van der Waals surface area contributed by atoms with E-state index in [1.165, 1.54) is 37.4 Å². The third-order valence-electron chi connectivity index (χ3n) is 10.0. The zero-order valence-electron chi connectivity index (χ0n) is 28.4. The molecule has 0 spiro atoms. The van der Waals surface area contributed by atoms with Gasteiger partial charge in [0, 0.05) is 29.9 Å². The number of carbonyl (C=O) groups excluding carboxylic acids is 1. The van der Waals surface area contributed by atoms with Crippen molar-refractivity contribution in [2.45, 2.75) is 44.7 Å². The van der Waals surface area contributed by atoms with Gasteiger partial charge in [0.05, 0.1) is 4.53 Å². The second-order valence-corrected chi connectivity index (χ2v) is 15.8. The molecule has 5 aromatic rings. The molecule has 8 rings (SSSR count). The number of thiazole rings is 1. The van der Waals surface area contributed by atoms with Gasteiger partial charge in [-0.2, -0.15) is 0 Å². The molecule has 1 N–H and O–H groups in total. The second kappa shape index (κ2) is 14.2. The highest BCUT2D eigenvalue weighted by molar-refractivity contribution is 8.30. The highest BCUT2D eigenvalue weighted by Gasteiger charge is 2.42. The van der Waals surface area contributed by atoms with Crippen molar-refractivity contribution in [1.82, 2.24) is 9.47 Å². The molecule has 2 atom stereocenters. The van der Waals surface area contributed by atoms with Crippen LogP contribution in [-0.4, -0.2) is 43.4 Å². The van der Waals surface area contributed by atoms with E-state index in [2.05, 4.69) is 95.9 Å². The highest BCUT2D eigenvalue weighted by atomic mass is 32.2. The molecule has 1 saturated carbocycles. The summed E-state index contributed by atoms with van der Waals surface area (Å²) in [6.07, 6.45) is 7.41. The van der Waals surface area contributed by atoms with Gasteiger partial charge in [0.15, 0.2) is 0 Å². The summed E-state index contributed by atoms with van der Waals surface area (Å²) in [6.45, 7) is 1.70. The Balaban J connectivity index is 1.15. The minimum Gasteiger partial charge on any atom is -0.480 e. The molecule has 1 saturated heterocycles. The van der Waals surface area contributed by atoms with Crippen LogP contribution in [0.2, 0.25) is 0 Å². The first-order chi connectivity index (χ1) is 25.3. The fourth-order valence-corrected chi connectivity index (χ4v) is 10.3. The van der Waals surface area contributed by atoms with Crippen molar-refractivity contribution < 1.29 is 14.7 Å². The number of aromatic nitrogens is 1. The van der Waals surface area contributed by atoms with Gasteiger partial charge in [-0.25, -0.2) is 0 Å². The molecule has 3 aliphatic rings. The Kier molecular flexibility index (Phi) is 9.29. The number of hydrogen-bond acceptors (Lipinski definition) is 7. The highest BCUT2D eigenvalue weighted by Crippen LogP contribution is 2.52. The van der Waals surface area contributed by atoms with Crippen LogP contribution in [0.5, 0.6) is 0 Å². The van der Waals surface area contributed by atoms with Crippen molar-refractivity contribution in [1.29, 1.82) is 0 Å². The summed E-state index contributed by atoms with van der Waals surface area (Å²) < 4.78 is 2.29. The lowest BCUT2D eigenvalue weighted by atomic mass is 9.95. The second-order valence-electron chi connectivity index (χ2n) is 13.1. The average molecular weight is 742 g/mol. The van der Waals surface area contributed by atoms with E-state index in [4.69, 9.17) is 12.2 Å². The third kappa shape index (κ3) is 6.25. The third-order valence-corrected chi connectivity index (χ3v) is 12.7. The van der Waals surface area contributed by atoms with Crippen LogP contribution in [0.4, 0.5) is 11.4 Å². The summed E-state index contributed by atoms with van der Waals surface area (Å²) in [5.74, 6) is -1.08. The summed E-state index contributed by atoms with van der Waals surface area (Å²) in [7, 11) is 0. The predicted molar refractivity (Wildman–Crippen MR) is 215 cm³/mol. The van der Waals surface area contributed by atoms with Crippen LogP contribution >= 0.6 is 35.3 Å². The number of anilines is 2. The van der Waals surface area contributed by atoms with Crippen LogP contribution < -0.4 is 19.7 Å². The lowest BCUT2D eigenvalue weighted by Gasteiger charge is -2.27. The van der Waals surface area contributed by atoms with Crippen LogP contribution in [-0.2, 0) is 16.1 Å². The molecule has 2 aliphatic heterocycles. The summed E-state index contributed by atoms with van der Waals surface area (Å²) >= 11 is 7.65. The van der Waals surface area contributed by atoms with Crippen LogP contribution in [0.1, 0.15) is 59.9 Å². The number of thiocarbonyl (C=S) groups is 1. The average Bonchev–Trinajstić information content (AvgIpc) is 3.90. The largest absolute Gasteiger partial charge is 0.480 e. The first kappa shape index (κ1) is 34.1. The number of hydrogen-bond donors (Lipinski definition) is 1. The maximum Gasteiger partial charge on any atom is 0.323 e. The summed E-state index contributed by atoms with van der Waals surface area (Å²) in [5, 5.41) is 9.62. The van der Waals surface area contributed by atoms with Crippen molar-refractivity contribution >= 4 is 85.5 Å². The number of aliphatic carboxylic acids is 1. The SMILES string of the molecule is CCN1C(=O)/C(=c2/s/c(=C/c3ccc4c(c3)[C@H]3CCC[C@H]3N4c3ccc(C=C(c4ccccc4)c4ccccc4)cc3)c(=O)n2CC(=O)O)SC1=S. The molecular weight excluding hydrogens is 707 g/mol. The van der Waals surface area contributed by atoms with E-state index < -0.39 is 18.1 Å². The molecule has 4 aromatic carbocycles. The molecule has 3 heterocycles. The minimum atomic E-state index is -1.15. The lowest BCUT2D eigenvalue weighted by molar-refractivity contribution is -0.137. The number of carbonyl (C=O) groups is 2. The number of amides is 1. The summed E-state index contributed by atoms with van der Waals surface area (Å²) in [4.78, 5) is 42.8. The Hall–Kier alpha value is -5.03. The van der Waals surface area contributed by atoms with Crippen molar-refractivity contribution in [3.8, 4) is 0 Å². The maximum atomic E-state index is 13.6. The van der Waals surface area contributed by atoms with Gasteiger partial charge in [0.1, 0.15) is 20.4 Å². The topological polar surface area (TPSA) is 82.9 Å². The number of nitrogens with zero attached hydrogens (tertiary/aromatic N) is 3. The van der Waals surface area contributed by atoms with E-state index >= 15 is 0 Å². The molecular formula is C42H35N3O4S3. The first-order valence-corrected chi connectivity index (χ1v) is 19.4. The normalized spacial score (nSPS) is 19.3. The van der Waals surface area contributed by atoms with Crippen molar-refractivity contribution in [2.24, 2.45) is 0 Å². The number of benzene rings is 4. The standard InChI is InChI=1S/C42H35N3O4S3/c1-2-43-40(49)38(52-42(43)50)41-44(25-37(46)47)39(48)36(51-41)24-27-18-21-35-33(23-27)31-14-9-15-34(31)45(35)30-19-16-26(17-20-30)22-32(28-10-5-3-6-11-28)29-12-7-4-8-13-29/h3-8,10-13,16-24,31,34H,2,9,14-15,25H2,1H3,(H,46,47)/b36-24+,41-38-/t31-,34-/m1/s1. The van der Waals surface area contributed by atoms with Gasteiger partial charge < -0.3 is 10.0 Å². The number of thioether (sulfide) groups is 1. The number of carboxylic acids is 1. The molecule has 0 radical (unpaired) electrons. The number of rotatable bonds is 8. The fourth-order valence-electron chi connectivity index (χ4n) is 7.69. The smallest absolute Gasteiger partial charge is 0.323 e. The molecule has 10 heteroatoms. The van der Waals surface area contributed by atoms with E-state index in [9.17, 15) is 19.5 Å². The van der Waals surface area contributed by atoms with Gasteiger partial charge in [0.2, 0.25) is 0 Å². The summed E-state index contributed by atoms with van der Waals surface area (Å²) in [5.41, 5.74) is 8.67. The van der Waals surface area contributed by atoms with Gasteiger partial charge >= 0.3 is 5.97 Å². The molecule has 1 aromatic heterocycles. The Morgan fingerprint density at radius 3 is 2.21 bits per heavy atom. The molecule has 1 amide bonds. The van der Waals surface area contributed by atoms with E-state index in [0.717, 1.165) is 59.2 Å². The molecule has 0 unspecified atom stereocenters. The fraction of sp³-hybridized carbons (Fsp3) is 0.190. The van der Waals surface area contributed by atoms with Crippen molar-refractivity contribution in [2.75, 3.05) is 11.4 Å². The van der Waals surface area contributed by atoms with Gasteiger partial charge in [-0.15, -0.1) is 11.3 Å². The first-order valence-electron chi connectivity index (χ1n) is 17.4. The van der Waals surface area contributed by atoms with Gasteiger partial charge in [-0.1, -0.05) is 109 Å². The van der Waals surface area contributed by atoms with Crippen LogP contribution in [0.15, 0.2) is 108 Å². The molecule has 0 bridgehead atoms. The van der Waals surface area contributed by atoms with Crippen molar-refractivity contribution in [3.05, 3.63) is 150 Å². The van der Waals surface area contributed by atoms with E-state index in [1.807, 2.05) is 31.2 Å². The minimum absolute atomic E-state index is 0.297. The Morgan fingerprint density at radius 2 is 1.58 bits per heavy atom. The van der Waals surface area contributed by atoms with E-state index in [-0.39, 0.29) is 5.91 Å². The van der Waals surface area contributed by atoms with Crippen LogP contribution in [0.25, 0.3) is 22.6 Å². The molecule has 2 fully saturated rings. The molecule has 7 nitrogen and oxygen atoms in total. The molecule has 1 aliphatic carbocycles. The zero-order valence-corrected chi connectivity index (χ0v) is 30.8. The van der Waals surface area contributed by atoms with Crippen LogP contribution in [0.3, 0.4) is 0 Å². The van der Waals surface area contributed by atoms with E-state index in [0.29, 0.717) is 36.9 Å². The Morgan fingerprint density at radius 1 is 0.904 bits per heavy atom. The Labute approximate surface area is 314 Å². The predicted octanol–water partition coefficient (Wildman–Crippen LogP) is 7.19. The zero-order chi connectivity index (χ0) is 35.9. The quantitative estimate of drug-likeness (QED) is 0.133. The van der Waals surface area contributed by atoms with Crippen molar-refractivity contribution in [3.63, 3.8) is 0 Å². The van der Waals surface area contributed by atoms with Gasteiger partial charge in [-0.3, -0.25) is 23.9 Å².